The molecule has 0 bridgehead atoms. The lowest BCUT2D eigenvalue weighted by Crippen LogP contribution is -2.57. The smallest absolute Gasteiger partial charge is 0.407 e. The zero-order valence-corrected chi connectivity index (χ0v) is 13.7. The Morgan fingerprint density at radius 2 is 1.71 bits per heavy atom. The molecule has 0 aromatic rings. The number of alkyl carbamates (subject to hydrolysis) is 1. The van der Waals surface area contributed by atoms with Crippen LogP contribution in [-0.4, -0.2) is 35.9 Å². The number of carbonyl (C=O) groups is 1. The van der Waals surface area contributed by atoms with Crippen LogP contribution < -0.4 is 16.4 Å². The SMILES string of the molecule is CC(C)(C)OC(=O)NC1CCCCCC1NC1CC(N)C1. The molecule has 2 atom stereocenters. The minimum absolute atomic E-state index is 0.166. The molecule has 0 radical (unpaired) electrons. The van der Waals surface area contributed by atoms with Crippen LogP contribution in [0.1, 0.15) is 65.7 Å². The van der Waals surface area contributed by atoms with E-state index in [1.165, 1.54) is 19.3 Å². The van der Waals surface area contributed by atoms with Crippen molar-refractivity contribution in [2.75, 3.05) is 0 Å². The highest BCUT2D eigenvalue weighted by molar-refractivity contribution is 5.68. The van der Waals surface area contributed by atoms with Crippen LogP contribution in [0.3, 0.4) is 0 Å². The molecule has 0 heterocycles. The van der Waals surface area contributed by atoms with E-state index in [0.717, 1.165) is 25.7 Å². The molecule has 5 nitrogen and oxygen atoms in total. The molecule has 0 aliphatic heterocycles. The maximum absolute atomic E-state index is 12.0. The highest BCUT2D eigenvalue weighted by Crippen LogP contribution is 2.24. The van der Waals surface area contributed by atoms with Crippen molar-refractivity contribution >= 4 is 6.09 Å². The van der Waals surface area contributed by atoms with Gasteiger partial charge in [-0.3, -0.25) is 0 Å². The summed E-state index contributed by atoms with van der Waals surface area (Å²) in [5.74, 6) is 0. The molecule has 2 rings (SSSR count). The second-order valence-electron chi connectivity index (χ2n) is 7.59. The summed E-state index contributed by atoms with van der Waals surface area (Å²) in [5.41, 5.74) is 5.41. The number of hydrogen-bond donors (Lipinski definition) is 3. The Balaban J connectivity index is 1.87. The van der Waals surface area contributed by atoms with Crippen LogP contribution in [0.2, 0.25) is 0 Å². The number of hydrogen-bond acceptors (Lipinski definition) is 4. The highest BCUT2D eigenvalue weighted by Gasteiger charge is 2.32. The van der Waals surface area contributed by atoms with Crippen molar-refractivity contribution in [3.8, 4) is 0 Å². The number of ether oxygens (including phenoxy) is 1. The van der Waals surface area contributed by atoms with E-state index in [2.05, 4.69) is 10.6 Å². The second-order valence-corrected chi connectivity index (χ2v) is 7.59. The number of rotatable bonds is 3. The summed E-state index contributed by atoms with van der Waals surface area (Å²) < 4.78 is 5.39. The van der Waals surface area contributed by atoms with Crippen molar-refractivity contribution in [2.24, 2.45) is 5.73 Å². The summed E-state index contributed by atoms with van der Waals surface area (Å²) in [6, 6.07) is 1.38. The summed E-state index contributed by atoms with van der Waals surface area (Å²) in [4.78, 5) is 12.0. The van der Waals surface area contributed by atoms with E-state index in [1.54, 1.807) is 0 Å². The van der Waals surface area contributed by atoms with Gasteiger partial charge in [-0.05, 0) is 46.5 Å². The third-order valence-electron chi connectivity index (χ3n) is 4.34. The summed E-state index contributed by atoms with van der Waals surface area (Å²) in [6.45, 7) is 5.68. The largest absolute Gasteiger partial charge is 0.444 e. The third kappa shape index (κ3) is 5.47. The van der Waals surface area contributed by atoms with Gasteiger partial charge in [-0.15, -0.1) is 0 Å². The van der Waals surface area contributed by atoms with Gasteiger partial charge in [0.05, 0.1) is 0 Å². The van der Waals surface area contributed by atoms with Crippen molar-refractivity contribution < 1.29 is 9.53 Å². The second kappa shape index (κ2) is 6.97. The van der Waals surface area contributed by atoms with Crippen molar-refractivity contribution in [1.29, 1.82) is 0 Å². The topological polar surface area (TPSA) is 76.4 Å². The Hall–Kier alpha value is -0.810. The normalized spacial score (nSPS) is 33.7. The van der Waals surface area contributed by atoms with E-state index in [9.17, 15) is 4.79 Å². The van der Waals surface area contributed by atoms with Crippen molar-refractivity contribution in [3.63, 3.8) is 0 Å². The Morgan fingerprint density at radius 1 is 1.10 bits per heavy atom. The zero-order valence-electron chi connectivity index (χ0n) is 13.7. The van der Waals surface area contributed by atoms with E-state index in [4.69, 9.17) is 10.5 Å². The quantitative estimate of drug-likeness (QED) is 0.699. The average Bonchev–Trinajstić information content (AvgIpc) is 2.51. The number of amides is 1. The van der Waals surface area contributed by atoms with Gasteiger partial charge in [0.15, 0.2) is 0 Å². The van der Waals surface area contributed by atoms with Crippen molar-refractivity contribution in [1.82, 2.24) is 10.6 Å². The fourth-order valence-corrected chi connectivity index (χ4v) is 3.24. The molecule has 2 aliphatic rings. The monoisotopic (exact) mass is 297 g/mol. The molecule has 2 aliphatic carbocycles. The Kier molecular flexibility index (Phi) is 5.49. The highest BCUT2D eigenvalue weighted by atomic mass is 16.6. The van der Waals surface area contributed by atoms with Crippen LogP contribution in [0, 0.1) is 0 Å². The van der Waals surface area contributed by atoms with Crippen LogP contribution in [0.5, 0.6) is 0 Å². The van der Waals surface area contributed by atoms with Gasteiger partial charge < -0.3 is 21.1 Å². The van der Waals surface area contributed by atoms with E-state index in [-0.39, 0.29) is 12.1 Å². The summed E-state index contributed by atoms with van der Waals surface area (Å²) in [5, 5.41) is 6.77. The first-order valence-corrected chi connectivity index (χ1v) is 8.34. The first kappa shape index (κ1) is 16.6. The maximum atomic E-state index is 12.0. The van der Waals surface area contributed by atoms with Crippen LogP contribution in [-0.2, 0) is 4.74 Å². The average molecular weight is 297 g/mol. The molecule has 0 aromatic carbocycles. The predicted molar refractivity (Wildman–Crippen MR) is 84.2 cm³/mol. The Labute approximate surface area is 128 Å². The van der Waals surface area contributed by atoms with Crippen molar-refractivity contribution in [3.05, 3.63) is 0 Å². The molecule has 2 saturated carbocycles. The summed E-state index contributed by atoms with van der Waals surface area (Å²) >= 11 is 0. The van der Waals surface area contributed by atoms with E-state index in [1.807, 2.05) is 20.8 Å². The summed E-state index contributed by atoms with van der Waals surface area (Å²) in [6.07, 6.45) is 7.58. The molecule has 0 aromatic heterocycles. The van der Waals surface area contributed by atoms with Gasteiger partial charge >= 0.3 is 6.09 Å². The molecular weight excluding hydrogens is 266 g/mol. The predicted octanol–water partition coefficient (Wildman–Crippen LogP) is 2.29. The summed E-state index contributed by atoms with van der Waals surface area (Å²) in [7, 11) is 0. The van der Waals surface area contributed by atoms with Gasteiger partial charge in [-0.1, -0.05) is 19.3 Å². The van der Waals surface area contributed by atoms with Gasteiger partial charge in [-0.25, -0.2) is 4.79 Å². The maximum Gasteiger partial charge on any atom is 0.407 e. The lowest BCUT2D eigenvalue weighted by atomic mass is 9.86. The van der Waals surface area contributed by atoms with Crippen LogP contribution in [0.4, 0.5) is 4.79 Å². The number of nitrogens with one attached hydrogen (secondary N) is 2. The van der Waals surface area contributed by atoms with Gasteiger partial charge in [0.25, 0.3) is 0 Å². The molecule has 1 amide bonds. The molecule has 122 valence electrons. The fraction of sp³-hybridized carbons (Fsp3) is 0.938. The third-order valence-corrected chi connectivity index (χ3v) is 4.34. The molecule has 2 fully saturated rings. The molecular formula is C16H31N3O2. The van der Waals surface area contributed by atoms with E-state index < -0.39 is 5.60 Å². The lowest BCUT2D eigenvalue weighted by Gasteiger charge is -2.38. The lowest BCUT2D eigenvalue weighted by molar-refractivity contribution is 0.0485. The first-order valence-electron chi connectivity index (χ1n) is 8.34. The minimum Gasteiger partial charge on any atom is -0.444 e. The zero-order chi connectivity index (χ0) is 15.5. The molecule has 0 spiro atoms. The van der Waals surface area contributed by atoms with Crippen LogP contribution in [0.15, 0.2) is 0 Å². The fourth-order valence-electron chi connectivity index (χ4n) is 3.24. The Morgan fingerprint density at radius 3 is 2.29 bits per heavy atom. The van der Waals surface area contributed by atoms with E-state index in [0.29, 0.717) is 18.1 Å². The molecule has 4 N–H and O–H groups in total. The molecule has 21 heavy (non-hydrogen) atoms. The minimum atomic E-state index is -0.446. The molecule has 0 saturated heterocycles. The van der Waals surface area contributed by atoms with E-state index >= 15 is 0 Å². The standard InChI is InChI=1S/C16H31N3O2/c1-16(2,3)21-15(20)19-14-8-6-4-5-7-13(14)18-12-9-11(17)10-12/h11-14,18H,4-10,17H2,1-3H3,(H,19,20). The number of nitrogens with two attached hydrogens (primary N) is 1. The van der Waals surface area contributed by atoms with Gasteiger partial charge in [0.2, 0.25) is 0 Å². The van der Waals surface area contributed by atoms with Crippen molar-refractivity contribution in [2.45, 2.75) is 95.5 Å². The molecule has 5 heteroatoms. The Bertz CT molecular complexity index is 348. The first-order chi connectivity index (χ1) is 9.83. The van der Waals surface area contributed by atoms with Gasteiger partial charge in [-0.2, -0.15) is 0 Å². The van der Waals surface area contributed by atoms with Crippen LogP contribution >= 0.6 is 0 Å². The molecule has 2 unspecified atom stereocenters. The number of carbonyl (C=O) groups excluding carboxylic acids is 1. The van der Waals surface area contributed by atoms with Gasteiger partial charge in [0.1, 0.15) is 5.60 Å². The van der Waals surface area contributed by atoms with Crippen LogP contribution in [0.25, 0.3) is 0 Å². The van der Waals surface area contributed by atoms with Gasteiger partial charge in [0, 0.05) is 24.2 Å².